The van der Waals surface area contributed by atoms with Crippen LogP contribution in [0.25, 0.3) is 0 Å². The molecule has 0 atom stereocenters. The number of rotatable bonds is 14. The van der Waals surface area contributed by atoms with E-state index in [1.165, 1.54) is 44.6 Å². The normalized spacial score (nSPS) is 14.3. The first-order chi connectivity index (χ1) is 15.1. The van der Waals surface area contributed by atoms with Crippen LogP contribution in [0, 0.1) is 0 Å². The van der Waals surface area contributed by atoms with Crippen molar-refractivity contribution in [2.45, 2.75) is 90.9 Å². The number of carbonyl (C=O) groups excluding carboxylic acids is 2. The Kier molecular flexibility index (Phi) is 11.1. The number of unbranched alkanes of at least 4 members (excludes halogenated alkanes) is 8. The van der Waals surface area contributed by atoms with Gasteiger partial charge in [-0.05, 0) is 57.9 Å². The number of carbonyl (C=O) groups is 2. The molecule has 1 aliphatic carbocycles. The Hall–Kier alpha value is -2.42. The molecule has 1 aromatic rings. The van der Waals surface area contributed by atoms with Crippen molar-refractivity contribution in [3.63, 3.8) is 0 Å². The first-order valence-corrected chi connectivity index (χ1v) is 12.0. The van der Waals surface area contributed by atoms with Gasteiger partial charge in [0.15, 0.2) is 11.6 Å². The van der Waals surface area contributed by atoms with E-state index in [2.05, 4.69) is 31.2 Å². The van der Waals surface area contributed by atoms with E-state index in [-0.39, 0.29) is 22.9 Å². The van der Waals surface area contributed by atoms with Crippen LogP contribution in [0.4, 0.5) is 0 Å². The Morgan fingerprint density at radius 2 is 1.45 bits per heavy atom. The molecule has 0 bridgehead atoms. The van der Waals surface area contributed by atoms with Gasteiger partial charge in [-0.3, -0.25) is 9.59 Å². The van der Waals surface area contributed by atoms with Gasteiger partial charge >= 0.3 is 0 Å². The molecule has 3 nitrogen and oxygen atoms in total. The van der Waals surface area contributed by atoms with Gasteiger partial charge in [-0.15, -0.1) is 0 Å². The largest absolute Gasteiger partial charge is 0.507 e. The SMILES string of the molecule is CCCCC/C=C\C/C=C\CCCCCCCC1=C(C)C(=O)c2cccc(O)c2C1=O. The number of hydrogen-bond acceptors (Lipinski definition) is 3. The van der Waals surface area contributed by atoms with Crippen molar-refractivity contribution in [1.29, 1.82) is 0 Å². The van der Waals surface area contributed by atoms with Gasteiger partial charge in [-0.2, -0.15) is 0 Å². The molecule has 0 fully saturated rings. The molecule has 3 heteroatoms. The van der Waals surface area contributed by atoms with Gasteiger partial charge in [-0.25, -0.2) is 0 Å². The standard InChI is InChI=1S/C28H38O3/c1-3-4-5-6-7-8-9-10-11-12-13-14-15-16-17-19-23-22(2)27(30)24-20-18-21-25(29)26(24)28(23)31/h7-8,10-11,18,20-21,29H,3-6,9,12-17,19H2,1-2H3/b8-7-,11-10-. The molecule has 0 aliphatic heterocycles. The maximum atomic E-state index is 12.8. The lowest BCUT2D eigenvalue weighted by Crippen LogP contribution is -2.21. The summed E-state index contributed by atoms with van der Waals surface area (Å²) in [4.78, 5) is 25.3. The molecule has 0 radical (unpaired) electrons. The summed E-state index contributed by atoms with van der Waals surface area (Å²) in [6.07, 6.45) is 22.4. The number of benzene rings is 1. The number of phenolic OH excluding ortho intramolecular Hbond substituents is 1. The maximum Gasteiger partial charge on any atom is 0.193 e. The third-order valence-corrected chi connectivity index (χ3v) is 5.96. The molecule has 1 aromatic carbocycles. The van der Waals surface area contributed by atoms with E-state index < -0.39 is 0 Å². The molecule has 168 valence electrons. The fourth-order valence-corrected chi connectivity index (χ4v) is 4.04. The van der Waals surface area contributed by atoms with Crippen molar-refractivity contribution in [2.24, 2.45) is 0 Å². The highest BCUT2D eigenvalue weighted by atomic mass is 16.3. The highest BCUT2D eigenvalue weighted by molar-refractivity contribution is 6.27. The molecule has 0 amide bonds. The van der Waals surface area contributed by atoms with E-state index in [1.807, 2.05) is 0 Å². The van der Waals surface area contributed by atoms with Gasteiger partial charge in [0.25, 0.3) is 0 Å². The predicted molar refractivity (Wildman–Crippen MR) is 129 cm³/mol. The number of phenols is 1. The molecule has 0 unspecified atom stereocenters. The molecule has 0 saturated heterocycles. The van der Waals surface area contributed by atoms with Crippen molar-refractivity contribution >= 4 is 11.6 Å². The van der Waals surface area contributed by atoms with Crippen molar-refractivity contribution in [3.05, 3.63) is 64.8 Å². The molecule has 2 rings (SSSR count). The molecule has 0 heterocycles. The summed E-state index contributed by atoms with van der Waals surface area (Å²) < 4.78 is 0. The number of allylic oxidation sites excluding steroid dienone is 6. The van der Waals surface area contributed by atoms with Gasteiger partial charge in [-0.1, -0.05) is 75.5 Å². The highest BCUT2D eigenvalue weighted by Crippen LogP contribution is 2.33. The monoisotopic (exact) mass is 422 g/mol. The van der Waals surface area contributed by atoms with E-state index >= 15 is 0 Å². The topological polar surface area (TPSA) is 54.4 Å². The van der Waals surface area contributed by atoms with Crippen LogP contribution in [-0.2, 0) is 0 Å². The predicted octanol–water partition coefficient (Wildman–Crippen LogP) is 7.90. The number of hydrogen-bond donors (Lipinski definition) is 1. The zero-order valence-electron chi connectivity index (χ0n) is 19.3. The molecule has 0 aromatic heterocycles. The average Bonchev–Trinajstić information content (AvgIpc) is 2.76. The lowest BCUT2D eigenvalue weighted by Gasteiger charge is -2.19. The van der Waals surface area contributed by atoms with Crippen LogP contribution in [0.1, 0.15) is 112 Å². The van der Waals surface area contributed by atoms with E-state index in [0.29, 0.717) is 23.1 Å². The second kappa shape index (κ2) is 13.8. The zero-order valence-corrected chi connectivity index (χ0v) is 19.3. The number of fused-ring (bicyclic) bond motifs is 1. The zero-order chi connectivity index (χ0) is 22.5. The first-order valence-electron chi connectivity index (χ1n) is 12.0. The smallest absolute Gasteiger partial charge is 0.193 e. The third-order valence-electron chi connectivity index (χ3n) is 5.96. The van der Waals surface area contributed by atoms with Crippen LogP contribution in [-0.4, -0.2) is 16.7 Å². The van der Waals surface area contributed by atoms with Crippen LogP contribution >= 0.6 is 0 Å². The van der Waals surface area contributed by atoms with E-state index in [1.54, 1.807) is 19.1 Å². The molecule has 1 aliphatic rings. The van der Waals surface area contributed by atoms with E-state index in [9.17, 15) is 14.7 Å². The summed E-state index contributed by atoms with van der Waals surface area (Å²) in [6.45, 7) is 3.96. The summed E-state index contributed by atoms with van der Waals surface area (Å²) in [6, 6.07) is 4.70. The Morgan fingerprint density at radius 3 is 2.16 bits per heavy atom. The van der Waals surface area contributed by atoms with Crippen molar-refractivity contribution in [2.75, 3.05) is 0 Å². The molecule has 31 heavy (non-hydrogen) atoms. The minimum atomic E-state index is -0.185. The van der Waals surface area contributed by atoms with Crippen LogP contribution in [0.3, 0.4) is 0 Å². The van der Waals surface area contributed by atoms with Crippen molar-refractivity contribution < 1.29 is 14.7 Å². The second-order valence-corrected chi connectivity index (χ2v) is 8.44. The average molecular weight is 423 g/mol. The number of aromatic hydroxyl groups is 1. The van der Waals surface area contributed by atoms with Crippen LogP contribution < -0.4 is 0 Å². The van der Waals surface area contributed by atoms with Crippen LogP contribution in [0.2, 0.25) is 0 Å². The third kappa shape index (κ3) is 7.65. The lowest BCUT2D eigenvalue weighted by atomic mass is 9.82. The van der Waals surface area contributed by atoms with Gasteiger partial charge in [0.1, 0.15) is 5.75 Å². The van der Waals surface area contributed by atoms with Gasteiger partial charge in [0.05, 0.1) is 5.56 Å². The number of Topliss-reactive ketones (excluding diaryl/α,β-unsaturated/α-hetero) is 2. The summed E-state index contributed by atoms with van der Waals surface area (Å²) >= 11 is 0. The lowest BCUT2D eigenvalue weighted by molar-refractivity contribution is 0.0969. The molecular weight excluding hydrogens is 384 g/mol. The fraction of sp³-hybridized carbons (Fsp3) is 0.500. The van der Waals surface area contributed by atoms with E-state index in [4.69, 9.17) is 0 Å². The summed E-state index contributed by atoms with van der Waals surface area (Å²) in [5.41, 5.74) is 1.61. The Labute approximate surface area is 188 Å². The molecule has 0 saturated carbocycles. The second-order valence-electron chi connectivity index (χ2n) is 8.44. The summed E-state index contributed by atoms with van der Waals surface area (Å²) in [5, 5.41) is 10.0. The van der Waals surface area contributed by atoms with Gasteiger partial charge < -0.3 is 5.11 Å². The minimum absolute atomic E-state index is 0.0964. The molecule has 0 spiro atoms. The van der Waals surface area contributed by atoms with Crippen LogP contribution in [0.15, 0.2) is 53.6 Å². The first kappa shape index (κ1) is 24.8. The Balaban J connectivity index is 1.61. The highest BCUT2D eigenvalue weighted by Gasteiger charge is 2.31. The molecular formula is C28H38O3. The summed E-state index contributed by atoms with van der Waals surface area (Å²) in [7, 11) is 0. The van der Waals surface area contributed by atoms with Gasteiger partial charge in [0, 0.05) is 16.7 Å². The van der Waals surface area contributed by atoms with Crippen molar-refractivity contribution in [3.8, 4) is 5.75 Å². The Morgan fingerprint density at radius 1 is 0.806 bits per heavy atom. The Bertz CT molecular complexity index is 827. The number of ketones is 2. The fourth-order valence-electron chi connectivity index (χ4n) is 4.04. The maximum absolute atomic E-state index is 12.8. The van der Waals surface area contributed by atoms with Crippen LogP contribution in [0.5, 0.6) is 5.75 Å². The van der Waals surface area contributed by atoms with Gasteiger partial charge in [0.2, 0.25) is 0 Å². The van der Waals surface area contributed by atoms with Crippen molar-refractivity contribution in [1.82, 2.24) is 0 Å². The minimum Gasteiger partial charge on any atom is -0.507 e. The molecule has 1 N–H and O–H groups in total. The summed E-state index contributed by atoms with van der Waals surface area (Å²) in [5.74, 6) is -0.418. The quantitative estimate of drug-likeness (QED) is 0.245. The van der Waals surface area contributed by atoms with E-state index in [0.717, 1.165) is 32.1 Å².